The van der Waals surface area contributed by atoms with E-state index < -0.39 is 0 Å². The first kappa shape index (κ1) is 10.0. The summed E-state index contributed by atoms with van der Waals surface area (Å²) in [5.41, 5.74) is 1.04. The van der Waals surface area contributed by atoms with Crippen LogP contribution in [0, 0.1) is 0 Å². The van der Waals surface area contributed by atoms with E-state index in [1.807, 2.05) is 0 Å². The predicted octanol–water partition coefficient (Wildman–Crippen LogP) is 0.804. The number of carbonyl (C=O) groups is 1. The lowest BCUT2D eigenvalue weighted by Crippen LogP contribution is -2.45. The van der Waals surface area contributed by atoms with E-state index in [0.29, 0.717) is 12.6 Å². The van der Waals surface area contributed by atoms with Crippen LogP contribution in [0.3, 0.4) is 0 Å². The first-order chi connectivity index (χ1) is 7.34. The van der Waals surface area contributed by atoms with E-state index in [-0.39, 0.29) is 6.03 Å². The zero-order valence-corrected chi connectivity index (χ0v) is 8.62. The summed E-state index contributed by atoms with van der Waals surface area (Å²) in [5.74, 6) is 0. The summed E-state index contributed by atoms with van der Waals surface area (Å²) in [6, 6.07) is 0.344. The van der Waals surface area contributed by atoms with E-state index >= 15 is 0 Å². The Bertz CT molecular complexity index is 305. The molecule has 5 heteroatoms. The largest absolute Gasteiger partial charge is 0.348 e. The fourth-order valence-electron chi connectivity index (χ4n) is 1.52. The highest BCUT2D eigenvalue weighted by Gasteiger charge is 2.18. The van der Waals surface area contributed by atoms with Crippen molar-refractivity contribution in [2.24, 2.45) is 0 Å². The van der Waals surface area contributed by atoms with E-state index in [9.17, 15) is 4.79 Å². The van der Waals surface area contributed by atoms with Gasteiger partial charge in [0.1, 0.15) is 0 Å². The molecule has 0 unspecified atom stereocenters. The van der Waals surface area contributed by atoms with Crippen molar-refractivity contribution < 1.29 is 4.79 Å². The highest BCUT2D eigenvalue weighted by Crippen LogP contribution is 2.17. The molecule has 1 aliphatic carbocycles. The van der Waals surface area contributed by atoms with Gasteiger partial charge in [0, 0.05) is 30.9 Å². The van der Waals surface area contributed by atoms with Crippen LogP contribution >= 0.6 is 0 Å². The third-order valence-electron chi connectivity index (χ3n) is 2.68. The number of imidazole rings is 1. The van der Waals surface area contributed by atoms with Gasteiger partial charge < -0.3 is 15.6 Å². The van der Waals surface area contributed by atoms with Crippen LogP contribution < -0.4 is 10.6 Å². The van der Waals surface area contributed by atoms with E-state index in [1.54, 1.807) is 12.5 Å². The van der Waals surface area contributed by atoms with Gasteiger partial charge in [0.15, 0.2) is 0 Å². The van der Waals surface area contributed by atoms with Crippen LogP contribution in [0.5, 0.6) is 0 Å². The molecule has 1 fully saturated rings. The summed E-state index contributed by atoms with van der Waals surface area (Å²) < 4.78 is 0. The van der Waals surface area contributed by atoms with Gasteiger partial charge in [-0.3, -0.25) is 0 Å². The van der Waals surface area contributed by atoms with E-state index in [2.05, 4.69) is 20.6 Å². The molecule has 0 radical (unpaired) electrons. The van der Waals surface area contributed by atoms with E-state index in [1.165, 1.54) is 6.42 Å². The summed E-state index contributed by atoms with van der Waals surface area (Å²) in [5, 5.41) is 5.74. The topological polar surface area (TPSA) is 69.8 Å². The quantitative estimate of drug-likeness (QED) is 0.685. The summed E-state index contributed by atoms with van der Waals surface area (Å²) in [6.07, 6.45) is 7.67. The number of rotatable bonds is 4. The predicted molar refractivity (Wildman–Crippen MR) is 56.5 cm³/mol. The molecule has 0 aliphatic heterocycles. The Morgan fingerprint density at radius 3 is 3.07 bits per heavy atom. The first-order valence-corrected chi connectivity index (χ1v) is 5.36. The smallest absolute Gasteiger partial charge is 0.315 e. The maximum absolute atomic E-state index is 11.3. The minimum absolute atomic E-state index is 0.0563. The molecule has 0 spiro atoms. The second-order valence-corrected chi connectivity index (χ2v) is 3.85. The SMILES string of the molecule is O=C(NCCc1cnc[nH]1)NC1CCC1. The molecule has 82 valence electrons. The third-order valence-corrected chi connectivity index (χ3v) is 2.68. The van der Waals surface area contributed by atoms with Gasteiger partial charge in [0.05, 0.1) is 6.33 Å². The number of aromatic amines is 1. The minimum Gasteiger partial charge on any atom is -0.348 e. The molecule has 1 aromatic heterocycles. The Morgan fingerprint density at radius 2 is 2.47 bits per heavy atom. The van der Waals surface area contributed by atoms with Crippen LogP contribution in [0.1, 0.15) is 25.0 Å². The fourth-order valence-corrected chi connectivity index (χ4v) is 1.52. The highest BCUT2D eigenvalue weighted by atomic mass is 16.2. The van der Waals surface area contributed by atoms with Crippen molar-refractivity contribution in [3.63, 3.8) is 0 Å². The third kappa shape index (κ3) is 2.97. The zero-order chi connectivity index (χ0) is 10.5. The Labute approximate surface area is 88.7 Å². The standard InChI is InChI=1S/C10H16N4O/c15-10(14-8-2-1-3-8)12-5-4-9-6-11-7-13-9/h6-8H,1-5H2,(H,11,13)(H2,12,14,15). The lowest BCUT2D eigenvalue weighted by molar-refractivity contribution is 0.228. The summed E-state index contributed by atoms with van der Waals surface area (Å²) in [7, 11) is 0. The Kier molecular flexibility index (Phi) is 3.22. The van der Waals surface area contributed by atoms with Crippen LogP contribution in [0.15, 0.2) is 12.5 Å². The maximum atomic E-state index is 11.3. The first-order valence-electron chi connectivity index (χ1n) is 5.36. The highest BCUT2D eigenvalue weighted by molar-refractivity contribution is 5.74. The molecule has 1 aliphatic rings. The zero-order valence-electron chi connectivity index (χ0n) is 8.62. The molecule has 0 atom stereocenters. The lowest BCUT2D eigenvalue weighted by Gasteiger charge is -2.26. The van der Waals surface area contributed by atoms with E-state index in [0.717, 1.165) is 25.0 Å². The number of hydrogen-bond acceptors (Lipinski definition) is 2. The van der Waals surface area contributed by atoms with Crippen molar-refractivity contribution in [2.75, 3.05) is 6.54 Å². The molecule has 0 bridgehead atoms. The van der Waals surface area contributed by atoms with Gasteiger partial charge in [0.2, 0.25) is 0 Å². The Morgan fingerprint density at radius 1 is 1.60 bits per heavy atom. The van der Waals surface area contributed by atoms with Crippen molar-refractivity contribution in [1.82, 2.24) is 20.6 Å². The maximum Gasteiger partial charge on any atom is 0.315 e. The Hall–Kier alpha value is -1.52. The normalized spacial score (nSPS) is 15.7. The second kappa shape index (κ2) is 4.82. The Balaban J connectivity index is 1.58. The van der Waals surface area contributed by atoms with Crippen LogP contribution in [0.4, 0.5) is 4.79 Å². The average Bonchev–Trinajstić information content (AvgIpc) is 2.64. The average molecular weight is 208 g/mol. The van der Waals surface area contributed by atoms with Crippen LogP contribution in [0.25, 0.3) is 0 Å². The van der Waals surface area contributed by atoms with Gasteiger partial charge in [0.25, 0.3) is 0 Å². The van der Waals surface area contributed by atoms with Crippen molar-refractivity contribution >= 4 is 6.03 Å². The van der Waals surface area contributed by atoms with Gasteiger partial charge in [-0.15, -0.1) is 0 Å². The van der Waals surface area contributed by atoms with Gasteiger partial charge in [-0.25, -0.2) is 9.78 Å². The fraction of sp³-hybridized carbons (Fsp3) is 0.600. The number of hydrogen-bond donors (Lipinski definition) is 3. The molecule has 15 heavy (non-hydrogen) atoms. The van der Waals surface area contributed by atoms with Gasteiger partial charge in [-0.2, -0.15) is 0 Å². The van der Waals surface area contributed by atoms with E-state index in [4.69, 9.17) is 0 Å². The van der Waals surface area contributed by atoms with Crippen LogP contribution in [-0.4, -0.2) is 28.6 Å². The summed E-state index contributed by atoms with van der Waals surface area (Å²) >= 11 is 0. The molecule has 5 nitrogen and oxygen atoms in total. The number of nitrogens with zero attached hydrogens (tertiary/aromatic N) is 1. The van der Waals surface area contributed by atoms with Gasteiger partial charge in [-0.1, -0.05) is 0 Å². The van der Waals surface area contributed by atoms with Gasteiger partial charge in [-0.05, 0) is 19.3 Å². The molecule has 0 aromatic carbocycles. The molecule has 1 aromatic rings. The number of urea groups is 1. The van der Waals surface area contributed by atoms with Gasteiger partial charge >= 0.3 is 6.03 Å². The van der Waals surface area contributed by atoms with Crippen molar-refractivity contribution in [3.8, 4) is 0 Å². The molecule has 0 saturated heterocycles. The number of carbonyl (C=O) groups excluding carboxylic acids is 1. The van der Waals surface area contributed by atoms with Crippen molar-refractivity contribution in [3.05, 3.63) is 18.2 Å². The molecular formula is C10H16N4O. The number of H-pyrrole nitrogens is 1. The number of amides is 2. The van der Waals surface area contributed by atoms with Crippen molar-refractivity contribution in [2.45, 2.75) is 31.7 Å². The van der Waals surface area contributed by atoms with Crippen LogP contribution in [0.2, 0.25) is 0 Å². The molecule has 1 heterocycles. The summed E-state index contributed by atoms with van der Waals surface area (Å²) in [6.45, 7) is 0.640. The number of aromatic nitrogens is 2. The molecule has 1 saturated carbocycles. The molecular weight excluding hydrogens is 192 g/mol. The summed E-state index contributed by atoms with van der Waals surface area (Å²) in [4.78, 5) is 18.2. The molecule has 2 amide bonds. The lowest BCUT2D eigenvalue weighted by atomic mass is 9.93. The number of nitrogens with one attached hydrogen (secondary N) is 3. The second-order valence-electron chi connectivity index (χ2n) is 3.85. The van der Waals surface area contributed by atoms with Crippen LogP contribution in [-0.2, 0) is 6.42 Å². The minimum atomic E-state index is -0.0563. The van der Waals surface area contributed by atoms with Crippen molar-refractivity contribution in [1.29, 1.82) is 0 Å². The monoisotopic (exact) mass is 208 g/mol. The molecule has 3 N–H and O–H groups in total. The molecule has 2 rings (SSSR count).